The summed E-state index contributed by atoms with van der Waals surface area (Å²) in [5, 5.41) is 0. The van der Waals surface area contributed by atoms with Crippen molar-refractivity contribution >= 4 is 11.4 Å². The Kier molecular flexibility index (Phi) is 3.54. The fourth-order valence-corrected chi connectivity index (χ4v) is 2.51. The van der Waals surface area contributed by atoms with Gasteiger partial charge in [-0.05, 0) is 56.6 Å². The first-order valence-electron chi connectivity index (χ1n) is 7.53. The highest BCUT2D eigenvalue weighted by Crippen LogP contribution is 2.37. The molecule has 0 unspecified atom stereocenters. The second kappa shape index (κ2) is 5.32. The van der Waals surface area contributed by atoms with E-state index in [2.05, 4.69) is 17.0 Å². The molecule has 1 aromatic rings. The van der Waals surface area contributed by atoms with Crippen molar-refractivity contribution in [2.75, 3.05) is 30.3 Å². The number of nitrogens with two attached hydrogens (primary N) is 1. The number of benzene rings is 1. The smallest absolute Gasteiger partial charge is 0.144 e. The van der Waals surface area contributed by atoms with Crippen molar-refractivity contribution < 1.29 is 4.74 Å². The van der Waals surface area contributed by atoms with Crippen LogP contribution in [0.5, 0.6) is 5.75 Å². The Morgan fingerprint density at radius 2 is 1.79 bits per heavy atom. The molecule has 0 amide bonds. The van der Waals surface area contributed by atoms with Crippen LogP contribution in [-0.2, 0) is 0 Å². The normalized spacial score (nSPS) is 18.4. The minimum atomic E-state index is 0.666. The molecule has 0 aromatic heterocycles. The van der Waals surface area contributed by atoms with Crippen LogP contribution in [0.2, 0.25) is 0 Å². The van der Waals surface area contributed by atoms with Crippen molar-refractivity contribution in [3.63, 3.8) is 0 Å². The zero-order valence-corrected chi connectivity index (χ0v) is 11.8. The third-order valence-corrected chi connectivity index (χ3v) is 4.01. The maximum Gasteiger partial charge on any atom is 0.144 e. The van der Waals surface area contributed by atoms with Crippen molar-refractivity contribution in [2.45, 2.75) is 32.6 Å². The van der Waals surface area contributed by atoms with Crippen LogP contribution < -0.4 is 15.4 Å². The monoisotopic (exact) mass is 260 g/mol. The van der Waals surface area contributed by atoms with Crippen LogP contribution in [0.1, 0.15) is 32.6 Å². The molecule has 3 heteroatoms. The number of hydrogen-bond donors (Lipinski definition) is 1. The van der Waals surface area contributed by atoms with E-state index in [1.165, 1.54) is 44.5 Å². The molecular weight excluding hydrogens is 236 g/mol. The largest absolute Gasteiger partial charge is 0.492 e. The average Bonchev–Trinajstić information content (AvgIpc) is 3.26. The zero-order chi connectivity index (χ0) is 13.2. The van der Waals surface area contributed by atoms with E-state index in [9.17, 15) is 0 Å². The van der Waals surface area contributed by atoms with Crippen LogP contribution in [0.25, 0.3) is 0 Å². The summed E-state index contributed by atoms with van der Waals surface area (Å²) < 4.78 is 5.62. The summed E-state index contributed by atoms with van der Waals surface area (Å²) in [5.41, 5.74) is 7.97. The van der Waals surface area contributed by atoms with Gasteiger partial charge in [0.1, 0.15) is 5.75 Å². The molecule has 2 aliphatic carbocycles. The quantitative estimate of drug-likeness (QED) is 0.764. The summed E-state index contributed by atoms with van der Waals surface area (Å²) in [5.74, 6) is 2.65. The first kappa shape index (κ1) is 12.6. The molecule has 0 spiro atoms. The second-order valence-corrected chi connectivity index (χ2v) is 5.95. The van der Waals surface area contributed by atoms with Gasteiger partial charge in [-0.25, -0.2) is 0 Å². The highest BCUT2D eigenvalue weighted by Gasteiger charge is 2.29. The molecule has 3 rings (SSSR count). The molecule has 2 aliphatic rings. The van der Waals surface area contributed by atoms with Gasteiger partial charge < -0.3 is 15.4 Å². The lowest BCUT2D eigenvalue weighted by molar-refractivity contribution is 0.342. The van der Waals surface area contributed by atoms with Gasteiger partial charge in [-0.1, -0.05) is 0 Å². The number of nitrogen functional groups attached to an aromatic ring is 1. The molecule has 1 aromatic carbocycles. The molecule has 3 nitrogen and oxygen atoms in total. The van der Waals surface area contributed by atoms with E-state index in [0.29, 0.717) is 6.61 Å². The van der Waals surface area contributed by atoms with Crippen LogP contribution >= 0.6 is 0 Å². The Labute approximate surface area is 115 Å². The third kappa shape index (κ3) is 3.34. The predicted molar refractivity (Wildman–Crippen MR) is 79.7 cm³/mol. The lowest BCUT2D eigenvalue weighted by atomic mass is 10.2. The van der Waals surface area contributed by atoms with Gasteiger partial charge in [0.05, 0.1) is 12.3 Å². The Hall–Kier alpha value is -1.38. The van der Waals surface area contributed by atoms with Crippen molar-refractivity contribution in [3.05, 3.63) is 18.2 Å². The predicted octanol–water partition coefficient (Wildman–Crippen LogP) is 3.29. The Balaban J connectivity index is 1.76. The van der Waals surface area contributed by atoms with Crippen molar-refractivity contribution in [1.29, 1.82) is 0 Å². The van der Waals surface area contributed by atoms with Crippen LogP contribution in [-0.4, -0.2) is 19.7 Å². The van der Waals surface area contributed by atoms with Gasteiger partial charge in [-0.2, -0.15) is 0 Å². The van der Waals surface area contributed by atoms with E-state index in [4.69, 9.17) is 10.5 Å². The van der Waals surface area contributed by atoms with Crippen molar-refractivity contribution in [2.24, 2.45) is 11.8 Å². The topological polar surface area (TPSA) is 38.5 Å². The molecule has 0 radical (unpaired) electrons. The van der Waals surface area contributed by atoms with E-state index in [-0.39, 0.29) is 0 Å². The molecular formula is C16H24N2O. The minimum Gasteiger partial charge on any atom is -0.492 e. The zero-order valence-electron chi connectivity index (χ0n) is 11.8. The van der Waals surface area contributed by atoms with Crippen LogP contribution in [0.15, 0.2) is 18.2 Å². The minimum absolute atomic E-state index is 0.666. The number of ether oxygens (including phenoxy) is 1. The molecule has 2 N–H and O–H groups in total. The van der Waals surface area contributed by atoms with Gasteiger partial charge in [0, 0.05) is 24.8 Å². The molecule has 0 bridgehead atoms. The van der Waals surface area contributed by atoms with E-state index in [0.717, 1.165) is 23.3 Å². The van der Waals surface area contributed by atoms with Gasteiger partial charge in [0.2, 0.25) is 0 Å². The van der Waals surface area contributed by atoms with E-state index in [1.807, 2.05) is 13.0 Å². The molecule has 0 aliphatic heterocycles. The van der Waals surface area contributed by atoms with Gasteiger partial charge in [-0.15, -0.1) is 0 Å². The Morgan fingerprint density at radius 1 is 1.16 bits per heavy atom. The fourth-order valence-electron chi connectivity index (χ4n) is 2.51. The summed E-state index contributed by atoms with van der Waals surface area (Å²) in [6.07, 6.45) is 5.59. The lowest BCUT2D eigenvalue weighted by Gasteiger charge is -2.25. The fraction of sp³-hybridized carbons (Fsp3) is 0.625. The summed E-state index contributed by atoms with van der Waals surface area (Å²) in [7, 11) is 0. The van der Waals surface area contributed by atoms with Crippen LogP contribution in [0.3, 0.4) is 0 Å². The van der Waals surface area contributed by atoms with E-state index >= 15 is 0 Å². The van der Waals surface area contributed by atoms with E-state index in [1.54, 1.807) is 0 Å². The standard InChI is InChI=1S/C16H24N2O/c1-2-19-16-9-14(7-8-15(16)17)18(10-12-3-4-12)11-13-5-6-13/h7-9,12-13H,2-6,10-11,17H2,1H3. The lowest BCUT2D eigenvalue weighted by Crippen LogP contribution is -2.28. The second-order valence-electron chi connectivity index (χ2n) is 5.95. The molecule has 19 heavy (non-hydrogen) atoms. The van der Waals surface area contributed by atoms with Crippen molar-refractivity contribution in [3.8, 4) is 5.75 Å². The average molecular weight is 260 g/mol. The highest BCUT2D eigenvalue weighted by molar-refractivity contribution is 5.62. The van der Waals surface area contributed by atoms with Crippen LogP contribution in [0, 0.1) is 11.8 Å². The number of rotatable bonds is 7. The maximum atomic E-state index is 5.96. The summed E-state index contributed by atoms with van der Waals surface area (Å²) in [6, 6.07) is 6.24. The summed E-state index contributed by atoms with van der Waals surface area (Å²) >= 11 is 0. The molecule has 0 atom stereocenters. The molecule has 2 fully saturated rings. The van der Waals surface area contributed by atoms with Crippen LogP contribution in [0.4, 0.5) is 11.4 Å². The maximum absolute atomic E-state index is 5.96. The van der Waals surface area contributed by atoms with Gasteiger partial charge in [-0.3, -0.25) is 0 Å². The molecule has 0 saturated heterocycles. The van der Waals surface area contributed by atoms with E-state index < -0.39 is 0 Å². The number of nitrogens with zero attached hydrogens (tertiary/aromatic N) is 1. The number of hydrogen-bond acceptors (Lipinski definition) is 3. The Morgan fingerprint density at radius 3 is 2.32 bits per heavy atom. The molecule has 104 valence electrons. The summed E-state index contributed by atoms with van der Waals surface area (Å²) in [4.78, 5) is 2.54. The Bertz CT molecular complexity index is 424. The first-order valence-corrected chi connectivity index (χ1v) is 7.53. The van der Waals surface area contributed by atoms with Gasteiger partial charge in [0.25, 0.3) is 0 Å². The highest BCUT2D eigenvalue weighted by atomic mass is 16.5. The number of anilines is 2. The van der Waals surface area contributed by atoms with Gasteiger partial charge >= 0.3 is 0 Å². The van der Waals surface area contributed by atoms with Crippen molar-refractivity contribution in [1.82, 2.24) is 0 Å². The summed E-state index contributed by atoms with van der Waals surface area (Å²) in [6.45, 7) is 5.06. The molecule has 0 heterocycles. The van der Waals surface area contributed by atoms with Gasteiger partial charge in [0.15, 0.2) is 0 Å². The third-order valence-electron chi connectivity index (χ3n) is 4.01. The first-order chi connectivity index (χ1) is 9.26. The molecule has 2 saturated carbocycles. The SMILES string of the molecule is CCOc1cc(N(CC2CC2)CC2CC2)ccc1N.